The summed E-state index contributed by atoms with van der Waals surface area (Å²) in [5, 5.41) is 15.7. The van der Waals surface area contributed by atoms with E-state index in [-0.39, 0.29) is 30.9 Å². The molecule has 0 aliphatic rings. The van der Waals surface area contributed by atoms with Gasteiger partial charge in [-0.15, -0.1) is 0 Å². The van der Waals surface area contributed by atoms with Gasteiger partial charge in [0.15, 0.2) is 0 Å². The van der Waals surface area contributed by atoms with Crippen LogP contribution < -0.4 is 10.6 Å². The molecule has 6 nitrogen and oxygen atoms in total. The van der Waals surface area contributed by atoms with E-state index in [2.05, 4.69) is 24.5 Å². The Morgan fingerprint density at radius 2 is 1.83 bits per heavy atom. The summed E-state index contributed by atoms with van der Waals surface area (Å²) < 4.78 is 5.53. The first kappa shape index (κ1) is 21.6. The fourth-order valence-electron chi connectivity index (χ4n) is 3.23. The number of aliphatic hydroxyl groups excluding tert-OH is 1. The minimum absolute atomic E-state index is 0.0748. The second-order valence-electron chi connectivity index (χ2n) is 7.74. The molecular weight excluding hydrogens is 380 g/mol. The highest BCUT2D eigenvalue weighted by Crippen LogP contribution is 2.26. The summed E-state index contributed by atoms with van der Waals surface area (Å²) in [5.74, 6) is -0.0256. The fourth-order valence-corrected chi connectivity index (χ4v) is 3.23. The molecule has 0 aliphatic heterocycles. The quantitative estimate of drug-likeness (QED) is 0.520. The van der Waals surface area contributed by atoms with Crippen molar-refractivity contribution in [2.24, 2.45) is 0 Å². The lowest BCUT2D eigenvalue weighted by Gasteiger charge is -2.14. The molecule has 3 aromatic rings. The molecule has 2 amide bonds. The summed E-state index contributed by atoms with van der Waals surface area (Å²) in [6.07, 6.45) is 2.37. The Morgan fingerprint density at radius 1 is 1.10 bits per heavy atom. The molecule has 1 atom stereocenters. The van der Waals surface area contributed by atoms with Crippen LogP contribution in [0.1, 0.15) is 54.6 Å². The topological polar surface area (TPSA) is 91.6 Å². The number of hydrogen-bond donors (Lipinski definition) is 3. The maximum Gasteiger partial charge on any atom is 0.259 e. The number of nitrogens with one attached hydrogen (secondary N) is 2. The molecule has 2 aromatic carbocycles. The van der Waals surface area contributed by atoms with Crippen molar-refractivity contribution in [1.29, 1.82) is 0 Å². The van der Waals surface area contributed by atoms with Crippen LogP contribution in [0.5, 0.6) is 0 Å². The number of amides is 2. The maximum atomic E-state index is 12.8. The van der Waals surface area contributed by atoms with E-state index in [0.717, 1.165) is 16.5 Å². The standard InChI is InChI=1S/C24H28N2O4/c1-4-18(13-27)25-23(28)11-16-5-8-19(9-6-16)26-24(29)21-14-30-22-10-7-17(15(2)3)12-20(21)22/h5-10,12,14-15,18,27H,4,11,13H2,1-3H3,(H,25,28)(H,26,29). The van der Waals surface area contributed by atoms with Gasteiger partial charge in [-0.25, -0.2) is 0 Å². The molecule has 0 radical (unpaired) electrons. The van der Waals surface area contributed by atoms with E-state index in [1.807, 2.05) is 25.1 Å². The molecule has 6 heteroatoms. The van der Waals surface area contributed by atoms with Gasteiger partial charge in [0.1, 0.15) is 11.8 Å². The number of benzene rings is 2. The molecule has 1 heterocycles. The molecule has 0 saturated carbocycles. The zero-order valence-electron chi connectivity index (χ0n) is 17.6. The second kappa shape index (κ2) is 9.59. The molecule has 3 N–H and O–H groups in total. The van der Waals surface area contributed by atoms with Crippen LogP contribution in [-0.4, -0.2) is 29.6 Å². The smallest absolute Gasteiger partial charge is 0.259 e. The molecule has 1 aromatic heterocycles. The highest BCUT2D eigenvalue weighted by atomic mass is 16.3. The van der Waals surface area contributed by atoms with Gasteiger partial charge in [-0.3, -0.25) is 9.59 Å². The molecule has 30 heavy (non-hydrogen) atoms. The summed E-state index contributed by atoms with van der Waals surface area (Å²) in [6.45, 7) is 6.05. The third-order valence-corrected chi connectivity index (χ3v) is 5.16. The van der Waals surface area contributed by atoms with Gasteiger partial charge >= 0.3 is 0 Å². The van der Waals surface area contributed by atoms with Gasteiger partial charge in [0.05, 0.1) is 24.6 Å². The summed E-state index contributed by atoms with van der Waals surface area (Å²) >= 11 is 0. The number of rotatable bonds is 8. The monoisotopic (exact) mass is 408 g/mol. The van der Waals surface area contributed by atoms with Gasteiger partial charge in [0.25, 0.3) is 5.91 Å². The Kier molecular flexibility index (Phi) is 6.90. The van der Waals surface area contributed by atoms with Crippen molar-refractivity contribution < 1.29 is 19.1 Å². The summed E-state index contributed by atoms with van der Waals surface area (Å²) in [5.41, 5.74) is 3.78. The third-order valence-electron chi connectivity index (χ3n) is 5.16. The highest BCUT2D eigenvalue weighted by Gasteiger charge is 2.15. The molecular formula is C24H28N2O4. The van der Waals surface area contributed by atoms with E-state index in [1.165, 1.54) is 6.26 Å². The molecule has 0 spiro atoms. The summed E-state index contributed by atoms with van der Waals surface area (Å²) in [4.78, 5) is 24.8. The normalized spacial score (nSPS) is 12.2. The van der Waals surface area contributed by atoms with Crippen molar-refractivity contribution in [3.63, 3.8) is 0 Å². The van der Waals surface area contributed by atoms with Crippen LogP contribution in [0.2, 0.25) is 0 Å². The summed E-state index contributed by atoms with van der Waals surface area (Å²) in [6, 6.07) is 12.8. The number of aliphatic hydroxyl groups is 1. The first-order valence-corrected chi connectivity index (χ1v) is 10.2. The third kappa shape index (κ3) is 5.07. The van der Waals surface area contributed by atoms with Crippen LogP contribution in [0, 0.1) is 0 Å². The van der Waals surface area contributed by atoms with Gasteiger partial charge in [-0.2, -0.15) is 0 Å². The van der Waals surface area contributed by atoms with Crippen molar-refractivity contribution in [2.75, 3.05) is 11.9 Å². The number of carbonyl (C=O) groups excluding carboxylic acids is 2. The summed E-state index contributed by atoms with van der Waals surface area (Å²) in [7, 11) is 0. The van der Waals surface area contributed by atoms with Crippen LogP contribution in [0.3, 0.4) is 0 Å². The van der Waals surface area contributed by atoms with E-state index in [9.17, 15) is 14.7 Å². The van der Waals surface area contributed by atoms with Crippen molar-refractivity contribution in [2.45, 2.75) is 45.6 Å². The Hall–Kier alpha value is -3.12. The lowest BCUT2D eigenvalue weighted by atomic mass is 10.0. The minimum Gasteiger partial charge on any atom is -0.463 e. The van der Waals surface area contributed by atoms with E-state index < -0.39 is 0 Å². The number of carbonyl (C=O) groups is 2. The predicted molar refractivity (Wildman–Crippen MR) is 118 cm³/mol. The van der Waals surface area contributed by atoms with Gasteiger partial charge in [-0.1, -0.05) is 39.0 Å². The molecule has 0 bridgehead atoms. The lowest BCUT2D eigenvalue weighted by molar-refractivity contribution is -0.121. The number of fused-ring (bicyclic) bond motifs is 1. The van der Waals surface area contributed by atoms with Crippen molar-refractivity contribution in [3.8, 4) is 0 Å². The number of furan rings is 1. The minimum atomic E-state index is -0.242. The van der Waals surface area contributed by atoms with Crippen LogP contribution in [0.25, 0.3) is 11.0 Å². The van der Waals surface area contributed by atoms with Crippen molar-refractivity contribution in [3.05, 3.63) is 65.4 Å². The SMILES string of the molecule is CCC(CO)NC(=O)Cc1ccc(NC(=O)c2coc3ccc(C(C)C)cc23)cc1. The van der Waals surface area contributed by atoms with Gasteiger partial charge in [0.2, 0.25) is 5.91 Å². The zero-order chi connectivity index (χ0) is 21.7. The average molecular weight is 408 g/mol. The number of hydrogen-bond acceptors (Lipinski definition) is 4. The Morgan fingerprint density at radius 3 is 2.47 bits per heavy atom. The second-order valence-corrected chi connectivity index (χ2v) is 7.74. The first-order valence-electron chi connectivity index (χ1n) is 10.2. The molecule has 158 valence electrons. The molecule has 1 unspecified atom stereocenters. The van der Waals surface area contributed by atoms with E-state index in [1.54, 1.807) is 24.3 Å². The van der Waals surface area contributed by atoms with E-state index in [4.69, 9.17) is 4.42 Å². The van der Waals surface area contributed by atoms with Crippen molar-refractivity contribution >= 4 is 28.5 Å². The van der Waals surface area contributed by atoms with Crippen LogP contribution in [0.4, 0.5) is 5.69 Å². The maximum absolute atomic E-state index is 12.8. The van der Waals surface area contributed by atoms with E-state index >= 15 is 0 Å². The average Bonchev–Trinajstić information content (AvgIpc) is 3.16. The van der Waals surface area contributed by atoms with Crippen LogP contribution in [0.15, 0.2) is 53.1 Å². The Balaban J connectivity index is 1.67. The van der Waals surface area contributed by atoms with Gasteiger partial charge < -0.3 is 20.2 Å². The fraction of sp³-hybridized carbons (Fsp3) is 0.333. The van der Waals surface area contributed by atoms with Gasteiger partial charge in [0, 0.05) is 11.1 Å². The van der Waals surface area contributed by atoms with Crippen LogP contribution >= 0.6 is 0 Å². The molecule has 3 rings (SSSR count). The molecule has 0 aliphatic carbocycles. The van der Waals surface area contributed by atoms with Gasteiger partial charge in [-0.05, 0) is 47.7 Å². The van der Waals surface area contributed by atoms with Crippen LogP contribution in [-0.2, 0) is 11.2 Å². The first-order chi connectivity index (χ1) is 14.4. The molecule has 0 saturated heterocycles. The zero-order valence-corrected chi connectivity index (χ0v) is 17.6. The Bertz CT molecular complexity index is 1020. The largest absolute Gasteiger partial charge is 0.463 e. The predicted octanol–water partition coefficient (Wildman–Crippen LogP) is 4.24. The number of anilines is 1. The molecule has 0 fully saturated rings. The highest BCUT2D eigenvalue weighted by molar-refractivity contribution is 6.12. The van der Waals surface area contributed by atoms with Crippen molar-refractivity contribution in [1.82, 2.24) is 5.32 Å². The van der Waals surface area contributed by atoms with E-state index in [0.29, 0.717) is 29.2 Å². The lowest BCUT2D eigenvalue weighted by Crippen LogP contribution is -2.37. The Labute approximate surface area is 176 Å².